The monoisotopic (exact) mass is 302 g/mol. The van der Waals surface area contributed by atoms with Gasteiger partial charge < -0.3 is 11.1 Å². The Morgan fingerprint density at radius 3 is 2.65 bits per heavy atom. The van der Waals surface area contributed by atoms with E-state index in [0.717, 1.165) is 18.6 Å². The Kier molecular flexibility index (Phi) is 6.42. The fourth-order valence-corrected chi connectivity index (χ4v) is 2.74. The van der Waals surface area contributed by atoms with Crippen LogP contribution in [0.25, 0.3) is 0 Å². The zero-order valence-corrected chi connectivity index (χ0v) is 12.5. The molecule has 0 saturated carbocycles. The van der Waals surface area contributed by atoms with E-state index in [0.29, 0.717) is 23.6 Å². The van der Waals surface area contributed by atoms with Crippen molar-refractivity contribution in [2.45, 2.75) is 37.1 Å². The Balaban J connectivity index is 2.55. The molecule has 3 N–H and O–H groups in total. The van der Waals surface area contributed by atoms with Crippen LogP contribution in [-0.2, 0) is 4.79 Å². The number of hydrogen-bond donors (Lipinski definition) is 2. The lowest BCUT2D eigenvalue weighted by molar-refractivity contribution is -0.123. The van der Waals surface area contributed by atoms with Crippen molar-refractivity contribution in [1.29, 1.82) is 0 Å². The zero-order valence-electron chi connectivity index (χ0n) is 11.7. The second-order valence-corrected chi connectivity index (χ2v) is 5.97. The van der Waals surface area contributed by atoms with E-state index in [-0.39, 0.29) is 0 Å². The van der Waals surface area contributed by atoms with Crippen LogP contribution in [0.3, 0.4) is 0 Å². The van der Waals surface area contributed by atoms with Gasteiger partial charge in [-0.2, -0.15) is 0 Å². The summed E-state index contributed by atoms with van der Waals surface area (Å²) >= 11 is 1.37. The van der Waals surface area contributed by atoms with Crippen LogP contribution >= 0.6 is 11.8 Å². The first-order valence-electron chi connectivity index (χ1n) is 6.52. The topological polar surface area (TPSA) is 55.1 Å². The molecule has 1 amide bonds. The van der Waals surface area contributed by atoms with Gasteiger partial charge >= 0.3 is 0 Å². The van der Waals surface area contributed by atoms with E-state index < -0.39 is 23.1 Å². The van der Waals surface area contributed by atoms with Crippen molar-refractivity contribution >= 4 is 17.7 Å². The third-order valence-electron chi connectivity index (χ3n) is 3.07. The van der Waals surface area contributed by atoms with Crippen LogP contribution in [0, 0.1) is 11.6 Å². The Morgan fingerprint density at radius 2 is 2.10 bits per heavy atom. The van der Waals surface area contributed by atoms with Gasteiger partial charge in [-0.25, -0.2) is 8.78 Å². The van der Waals surface area contributed by atoms with E-state index >= 15 is 0 Å². The van der Waals surface area contributed by atoms with Crippen molar-refractivity contribution < 1.29 is 13.6 Å². The van der Waals surface area contributed by atoms with Gasteiger partial charge in [0, 0.05) is 10.6 Å². The highest BCUT2D eigenvalue weighted by Gasteiger charge is 2.29. The van der Waals surface area contributed by atoms with E-state index in [9.17, 15) is 13.6 Å². The van der Waals surface area contributed by atoms with Gasteiger partial charge in [0.05, 0.1) is 5.54 Å². The second kappa shape index (κ2) is 7.59. The van der Waals surface area contributed by atoms with Crippen molar-refractivity contribution in [3.63, 3.8) is 0 Å². The lowest BCUT2D eigenvalue weighted by Gasteiger charge is -2.27. The van der Waals surface area contributed by atoms with Crippen LogP contribution in [-0.4, -0.2) is 23.7 Å². The Morgan fingerprint density at radius 1 is 1.40 bits per heavy atom. The molecule has 0 aliphatic rings. The molecule has 1 atom stereocenters. The Hall–Kier alpha value is -1.14. The van der Waals surface area contributed by atoms with Gasteiger partial charge in [0.2, 0.25) is 5.91 Å². The van der Waals surface area contributed by atoms with Gasteiger partial charge in [-0.1, -0.05) is 6.92 Å². The summed E-state index contributed by atoms with van der Waals surface area (Å²) in [5, 5.41) is 3.13. The minimum Gasteiger partial charge on any atom is -0.368 e. The molecule has 1 aromatic rings. The average molecular weight is 302 g/mol. The summed E-state index contributed by atoms with van der Waals surface area (Å²) < 4.78 is 25.9. The van der Waals surface area contributed by atoms with Gasteiger partial charge in [0.15, 0.2) is 11.6 Å². The molecular weight excluding hydrogens is 282 g/mol. The van der Waals surface area contributed by atoms with Crippen LogP contribution in [0.5, 0.6) is 0 Å². The molecule has 0 aliphatic heterocycles. The summed E-state index contributed by atoms with van der Waals surface area (Å²) in [5.41, 5.74) is 4.64. The first-order chi connectivity index (χ1) is 9.39. The van der Waals surface area contributed by atoms with Crippen LogP contribution in [0.4, 0.5) is 8.78 Å². The fraction of sp³-hybridized carbons (Fsp3) is 0.500. The summed E-state index contributed by atoms with van der Waals surface area (Å²) in [6.45, 7) is 4.47. The smallest absolute Gasteiger partial charge is 0.237 e. The average Bonchev–Trinajstić information content (AvgIpc) is 2.40. The molecule has 1 unspecified atom stereocenters. The van der Waals surface area contributed by atoms with Crippen LogP contribution in [0.2, 0.25) is 0 Å². The molecule has 0 saturated heterocycles. The van der Waals surface area contributed by atoms with Crippen molar-refractivity contribution in [3.05, 3.63) is 29.8 Å². The highest BCUT2D eigenvalue weighted by atomic mass is 32.2. The first kappa shape index (κ1) is 16.9. The highest BCUT2D eigenvalue weighted by Crippen LogP contribution is 2.23. The largest absolute Gasteiger partial charge is 0.368 e. The van der Waals surface area contributed by atoms with E-state index in [1.54, 1.807) is 6.92 Å². The van der Waals surface area contributed by atoms with Gasteiger partial charge in [-0.05, 0) is 44.5 Å². The molecule has 0 bridgehead atoms. The summed E-state index contributed by atoms with van der Waals surface area (Å²) in [5.74, 6) is -1.55. The molecule has 0 aliphatic carbocycles. The maximum absolute atomic E-state index is 13.1. The summed E-state index contributed by atoms with van der Waals surface area (Å²) in [7, 11) is 0. The van der Waals surface area contributed by atoms with Crippen molar-refractivity contribution in [1.82, 2.24) is 5.32 Å². The number of thioether (sulfide) groups is 1. The predicted molar refractivity (Wildman–Crippen MR) is 77.6 cm³/mol. The number of amides is 1. The Labute approximate surface area is 122 Å². The molecule has 112 valence electrons. The predicted octanol–water partition coefficient (Wildman–Crippen LogP) is 2.69. The molecule has 3 nitrogen and oxygen atoms in total. The number of nitrogens with one attached hydrogen (secondary N) is 1. The lowest BCUT2D eigenvalue weighted by Crippen LogP contribution is -2.53. The summed E-state index contributed by atoms with van der Waals surface area (Å²) in [4.78, 5) is 12.1. The number of carbonyl (C=O) groups is 1. The third-order valence-corrected chi connectivity index (χ3v) is 4.07. The number of nitrogens with two attached hydrogens (primary N) is 1. The molecule has 0 aromatic heterocycles. The quantitative estimate of drug-likeness (QED) is 0.726. The minimum atomic E-state index is -0.864. The first-order valence-corrected chi connectivity index (χ1v) is 7.50. The lowest BCUT2D eigenvalue weighted by atomic mass is 9.98. The maximum Gasteiger partial charge on any atom is 0.237 e. The van der Waals surface area contributed by atoms with Crippen LogP contribution in [0.1, 0.15) is 26.7 Å². The molecular formula is C14H20F2N2OS. The van der Waals surface area contributed by atoms with E-state index in [2.05, 4.69) is 5.32 Å². The summed E-state index contributed by atoms with van der Waals surface area (Å²) in [6.07, 6.45) is 1.42. The van der Waals surface area contributed by atoms with Crippen LogP contribution < -0.4 is 11.1 Å². The highest BCUT2D eigenvalue weighted by molar-refractivity contribution is 7.99. The summed E-state index contributed by atoms with van der Waals surface area (Å²) in [6, 6.07) is 3.77. The van der Waals surface area contributed by atoms with Crippen LogP contribution in [0.15, 0.2) is 23.1 Å². The van der Waals surface area contributed by atoms with Gasteiger partial charge in [0.1, 0.15) is 0 Å². The number of hydrogen-bond acceptors (Lipinski definition) is 3. The van der Waals surface area contributed by atoms with Gasteiger partial charge in [0.25, 0.3) is 0 Å². The standard InChI is InChI=1S/C14H20F2N2OS/c1-3-7-18-14(2,13(17)19)6-8-20-10-4-5-11(15)12(16)9-10/h4-5,9,18H,3,6-8H2,1-2H3,(H2,17,19). The normalized spacial score (nSPS) is 14.0. The van der Waals surface area contributed by atoms with Gasteiger partial charge in [-0.15, -0.1) is 11.8 Å². The SMILES string of the molecule is CCCNC(C)(CCSc1ccc(F)c(F)c1)C(N)=O. The third kappa shape index (κ3) is 4.76. The number of primary amides is 1. The minimum absolute atomic E-state index is 0.406. The molecule has 0 heterocycles. The second-order valence-electron chi connectivity index (χ2n) is 4.80. The van der Waals surface area contributed by atoms with Crippen molar-refractivity contribution in [2.24, 2.45) is 5.73 Å². The number of halogens is 2. The van der Waals surface area contributed by atoms with Gasteiger partial charge in [-0.3, -0.25) is 4.79 Å². The van der Waals surface area contributed by atoms with E-state index in [1.165, 1.54) is 17.8 Å². The molecule has 20 heavy (non-hydrogen) atoms. The fourth-order valence-electron chi connectivity index (χ4n) is 1.64. The maximum atomic E-state index is 13.1. The van der Waals surface area contributed by atoms with Crippen molar-refractivity contribution in [2.75, 3.05) is 12.3 Å². The van der Waals surface area contributed by atoms with Crippen molar-refractivity contribution in [3.8, 4) is 0 Å². The number of benzene rings is 1. The zero-order chi connectivity index (χ0) is 15.2. The Bertz CT molecular complexity index is 470. The molecule has 0 radical (unpaired) electrons. The molecule has 1 aromatic carbocycles. The number of rotatable bonds is 8. The molecule has 0 fully saturated rings. The molecule has 1 rings (SSSR count). The molecule has 0 spiro atoms. The van der Waals surface area contributed by atoms with E-state index in [1.807, 2.05) is 6.92 Å². The number of carbonyl (C=O) groups excluding carboxylic acids is 1. The van der Waals surface area contributed by atoms with E-state index in [4.69, 9.17) is 5.73 Å². The molecule has 6 heteroatoms.